The Morgan fingerprint density at radius 3 is 2.74 bits per heavy atom. The van der Waals surface area contributed by atoms with E-state index in [-0.39, 0.29) is 23.8 Å². The molecule has 1 fully saturated rings. The monoisotopic (exact) mass is 375 g/mol. The van der Waals surface area contributed by atoms with Crippen molar-refractivity contribution in [1.29, 1.82) is 0 Å². The maximum Gasteiger partial charge on any atom is 0.234 e. The van der Waals surface area contributed by atoms with Crippen LogP contribution in [0.4, 0.5) is 0 Å². The number of primary amides is 1. The number of amides is 2. The summed E-state index contributed by atoms with van der Waals surface area (Å²) in [6, 6.07) is 4.00. The third kappa shape index (κ3) is 4.91. The fourth-order valence-electron chi connectivity index (χ4n) is 3.74. The van der Waals surface area contributed by atoms with Gasteiger partial charge in [0.2, 0.25) is 11.8 Å². The molecule has 1 aromatic rings. The molecule has 2 amide bonds. The highest BCUT2D eigenvalue weighted by Crippen LogP contribution is 2.35. The van der Waals surface area contributed by atoms with Crippen molar-refractivity contribution in [3.8, 4) is 11.5 Å². The van der Waals surface area contributed by atoms with Crippen molar-refractivity contribution in [2.75, 3.05) is 26.2 Å². The number of nitrogens with zero attached hydrogens (tertiary/aromatic N) is 1. The van der Waals surface area contributed by atoms with E-state index < -0.39 is 0 Å². The van der Waals surface area contributed by atoms with Gasteiger partial charge in [0.25, 0.3) is 0 Å². The lowest BCUT2D eigenvalue weighted by Crippen LogP contribution is -2.43. The van der Waals surface area contributed by atoms with E-state index in [1.807, 2.05) is 26.0 Å². The number of fused-ring (bicyclic) bond motifs is 1. The zero-order valence-corrected chi connectivity index (χ0v) is 16.1. The maximum absolute atomic E-state index is 12.3. The standard InChI is InChI=1S/C20H29N3O4/c1-3-26-17-9-15-8-13(2)27-18(15)10-16(17)11-22-19(24)12-23-6-4-14(5-7-23)20(21)25/h9-10,13-14H,3-8,11-12H2,1-2H3,(H2,21,25)(H,22,24)/t13-/m0/s1. The van der Waals surface area contributed by atoms with Crippen LogP contribution in [0.3, 0.4) is 0 Å². The molecule has 0 aromatic heterocycles. The molecular weight excluding hydrogens is 346 g/mol. The lowest BCUT2D eigenvalue weighted by molar-refractivity contribution is -0.124. The van der Waals surface area contributed by atoms with Gasteiger partial charge in [-0.1, -0.05) is 0 Å². The molecule has 2 aliphatic rings. The average molecular weight is 375 g/mol. The SMILES string of the molecule is CCOc1cc2c(cc1CNC(=O)CN1CCC(C(N)=O)CC1)O[C@@H](C)C2. The zero-order chi connectivity index (χ0) is 19.4. The molecule has 148 valence electrons. The van der Waals surface area contributed by atoms with Gasteiger partial charge >= 0.3 is 0 Å². The van der Waals surface area contributed by atoms with Gasteiger partial charge in [-0.15, -0.1) is 0 Å². The second kappa shape index (κ2) is 8.61. The van der Waals surface area contributed by atoms with E-state index in [1.54, 1.807) is 0 Å². The third-order valence-corrected chi connectivity index (χ3v) is 5.21. The Kier molecular flexibility index (Phi) is 6.21. The first-order valence-corrected chi connectivity index (χ1v) is 9.70. The molecule has 1 saturated heterocycles. The molecule has 1 atom stereocenters. The molecule has 1 aromatic carbocycles. The fourth-order valence-corrected chi connectivity index (χ4v) is 3.74. The Balaban J connectivity index is 1.54. The molecule has 3 rings (SSSR count). The second-order valence-corrected chi connectivity index (χ2v) is 7.36. The molecular formula is C20H29N3O4. The minimum atomic E-state index is -0.240. The normalized spacial score (nSPS) is 20.0. The van der Waals surface area contributed by atoms with Gasteiger partial charge in [-0.05, 0) is 51.9 Å². The first-order chi connectivity index (χ1) is 13.0. The van der Waals surface area contributed by atoms with Crippen LogP contribution in [0.2, 0.25) is 0 Å². The van der Waals surface area contributed by atoms with Crippen LogP contribution in [0.1, 0.15) is 37.8 Å². The number of rotatable bonds is 7. The summed E-state index contributed by atoms with van der Waals surface area (Å²) in [6.45, 7) is 6.73. The van der Waals surface area contributed by atoms with E-state index in [0.717, 1.165) is 55.0 Å². The molecule has 0 saturated carbocycles. The second-order valence-electron chi connectivity index (χ2n) is 7.36. The number of piperidine rings is 1. The van der Waals surface area contributed by atoms with Gasteiger partial charge in [0.15, 0.2) is 0 Å². The Hall–Kier alpha value is -2.28. The van der Waals surface area contributed by atoms with Crippen LogP contribution in [0, 0.1) is 5.92 Å². The highest BCUT2D eigenvalue weighted by atomic mass is 16.5. The number of benzene rings is 1. The van der Waals surface area contributed by atoms with E-state index >= 15 is 0 Å². The molecule has 0 aliphatic carbocycles. The van der Waals surface area contributed by atoms with Crippen LogP contribution in [-0.4, -0.2) is 49.1 Å². The molecule has 3 N–H and O–H groups in total. The molecule has 2 heterocycles. The number of nitrogens with one attached hydrogen (secondary N) is 1. The van der Waals surface area contributed by atoms with Crippen LogP contribution < -0.4 is 20.5 Å². The van der Waals surface area contributed by atoms with E-state index in [9.17, 15) is 9.59 Å². The Morgan fingerprint density at radius 1 is 1.33 bits per heavy atom. The maximum atomic E-state index is 12.3. The lowest BCUT2D eigenvalue weighted by Gasteiger charge is -2.29. The van der Waals surface area contributed by atoms with E-state index in [4.69, 9.17) is 15.2 Å². The summed E-state index contributed by atoms with van der Waals surface area (Å²) >= 11 is 0. The first-order valence-electron chi connectivity index (χ1n) is 9.70. The molecule has 7 nitrogen and oxygen atoms in total. The fraction of sp³-hybridized carbons (Fsp3) is 0.600. The van der Waals surface area contributed by atoms with Gasteiger partial charge in [0, 0.05) is 30.0 Å². The highest BCUT2D eigenvalue weighted by Gasteiger charge is 2.25. The molecule has 2 aliphatic heterocycles. The van der Waals surface area contributed by atoms with Gasteiger partial charge in [-0.3, -0.25) is 14.5 Å². The zero-order valence-electron chi connectivity index (χ0n) is 16.1. The van der Waals surface area contributed by atoms with Crippen LogP contribution >= 0.6 is 0 Å². The number of carbonyl (C=O) groups excluding carboxylic acids is 2. The van der Waals surface area contributed by atoms with E-state index in [2.05, 4.69) is 10.2 Å². The Labute approximate surface area is 160 Å². The van der Waals surface area contributed by atoms with E-state index in [0.29, 0.717) is 19.7 Å². The minimum absolute atomic E-state index is 0.0373. The summed E-state index contributed by atoms with van der Waals surface area (Å²) < 4.78 is 11.6. The van der Waals surface area contributed by atoms with Crippen molar-refractivity contribution in [1.82, 2.24) is 10.2 Å². The molecule has 7 heteroatoms. The van der Waals surface area contributed by atoms with Crippen molar-refractivity contribution < 1.29 is 19.1 Å². The topological polar surface area (TPSA) is 93.9 Å². The number of hydrogen-bond acceptors (Lipinski definition) is 5. The van der Waals surface area contributed by atoms with Crippen LogP contribution in [0.25, 0.3) is 0 Å². The predicted molar refractivity (Wildman–Crippen MR) is 102 cm³/mol. The third-order valence-electron chi connectivity index (χ3n) is 5.21. The average Bonchev–Trinajstić information content (AvgIpc) is 2.99. The summed E-state index contributed by atoms with van der Waals surface area (Å²) in [5.74, 6) is 1.34. The largest absolute Gasteiger partial charge is 0.494 e. The molecule has 27 heavy (non-hydrogen) atoms. The smallest absolute Gasteiger partial charge is 0.234 e. The summed E-state index contributed by atoms with van der Waals surface area (Å²) in [4.78, 5) is 25.6. The highest BCUT2D eigenvalue weighted by molar-refractivity contribution is 5.78. The number of nitrogens with two attached hydrogens (primary N) is 1. The lowest BCUT2D eigenvalue weighted by atomic mass is 9.96. The predicted octanol–water partition coefficient (Wildman–Crippen LogP) is 1.22. The van der Waals surface area contributed by atoms with Crippen LogP contribution in [0.15, 0.2) is 12.1 Å². The van der Waals surface area contributed by atoms with Crippen molar-refractivity contribution >= 4 is 11.8 Å². The van der Waals surface area contributed by atoms with Gasteiger partial charge < -0.3 is 20.5 Å². The summed E-state index contributed by atoms with van der Waals surface area (Å²) in [7, 11) is 0. The van der Waals surface area contributed by atoms with Crippen LogP contribution in [-0.2, 0) is 22.6 Å². The molecule has 0 unspecified atom stereocenters. The Bertz CT molecular complexity index is 699. The van der Waals surface area contributed by atoms with Crippen LogP contribution in [0.5, 0.6) is 11.5 Å². The van der Waals surface area contributed by atoms with Crippen molar-refractivity contribution in [2.24, 2.45) is 11.7 Å². The quantitative estimate of drug-likeness (QED) is 0.747. The molecule has 0 radical (unpaired) electrons. The molecule has 0 bridgehead atoms. The van der Waals surface area contributed by atoms with Gasteiger partial charge in [-0.25, -0.2) is 0 Å². The number of hydrogen-bond donors (Lipinski definition) is 2. The van der Waals surface area contributed by atoms with E-state index in [1.165, 1.54) is 0 Å². The van der Waals surface area contributed by atoms with Crippen molar-refractivity contribution in [3.05, 3.63) is 23.3 Å². The number of likely N-dealkylation sites (tertiary alicyclic amines) is 1. The summed E-state index contributed by atoms with van der Waals surface area (Å²) in [5.41, 5.74) is 7.43. The first kappa shape index (κ1) is 19.5. The number of carbonyl (C=O) groups is 2. The summed E-state index contributed by atoms with van der Waals surface area (Å²) in [5, 5.41) is 2.97. The van der Waals surface area contributed by atoms with Gasteiger partial charge in [-0.2, -0.15) is 0 Å². The minimum Gasteiger partial charge on any atom is -0.494 e. The number of ether oxygens (including phenoxy) is 2. The Morgan fingerprint density at radius 2 is 2.07 bits per heavy atom. The van der Waals surface area contributed by atoms with Crippen molar-refractivity contribution in [2.45, 2.75) is 45.8 Å². The summed E-state index contributed by atoms with van der Waals surface area (Å²) in [6.07, 6.45) is 2.49. The van der Waals surface area contributed by atoms with Gasteiger partial charge in [0.1, 0.15) is 17.6 Å². The van der Waals surface area contributed by atoms with Gasteiger partial charge in [0.05, 0.1) is 13.2 Å². The molecule has 0 spiro atoms. The van der Waals surface area contributed by atoms with Crippen molar-refractivity contribution in [3.63, 3.8) is 0 Å².